The summed E-state index contributed by atoms with van der Waals surface area (Å²) in [5.41, 5.74) is 1.45. The van der Waals surface area contributed by atoms with Crippen molar-refractivity contribution in [2.45, 2.75) is 6.92 Å². The molecule has 25 heavy (non-hydrogen) atoms. The molecule has 2 N–H and O–H groups in total. The van der Waals surface area contributed by atoms with E-state index in [0.29, 0.717) is 52.5 Å². The number of carbonyl (C=O) groups excluding carboxylic acids is 2. The Kier molecular flexibility index (Phi) is 5.23. The van der Waals surface area contributed by atoms with Crippen LogP contribution in [-0.2, 0) is 0 Å². The minimum Gasteiger partial charge on any atom is -0.486 e. The number of anilines is 1. The van der Waals surface area contributed by atoms with Gasteiger partial charge in [-0.3, -0.25) is 9.59 Å². The summed E-state index contributed by atoms with van der Waals surface area (Å²) in [5, 5.41) is 5.53. The second kappa shape index (κ2) is 7.57. The van der Waals surface area contributed by atoms with Crippen molar-refractivity contribution >= 4 is 33.4 Å². The smallest absolute Gasteiger partial charge is 0.256 e. The molecule has 2 aromatic carbocycles. The lowest BCUT2D eigenvalue weighted by Crippen LogP contribution is -2.23. The van der Waals surface area contributed by atoms with Gasteiger partial charge in [0.2, 0.25) is 0 Å². The van der Waals surface area contributed by atoms with Crippen LogP contribution in [0.2, 0.25) is 0 Å². The lowest BCUT2D eigenvalue weighted by atomic mass is 10.1. The monoisotopic (exact) mass is 404 g/mol. The highest BCUT2D eigenvalue weighted by molar-refractivity contribution is 9.10. The first-order chi connectivity index (χ1) is 12.1. The van der Waals surface area contributed by atoms with Gasteiger partial charge in [0.05, 0.1) is 5.56 Å². The van der Waals surface area contributed by atoms with Crippen LogP contribution in [-0.4, -0.2) is 31.6 Å². The van der Waals surface area contributed by atoms with Crippen molar-refractivity contribution in [3.63, 3.8) is 0 Å². The van der Waals surface area contributed by atoms with Gasteiger partial charge in [-0.15, -0.1) is 0 Å². The fourth-order valence-corrected chi connectivity index (χ4v) is 2.94. The molecular weight excluding hydrogens is 388 g/mol. The second-order valence-corrected chi connectivity index (χ2v) is 6.22. The predicted octanol–water partition coefficient (Wildman–Crippen LogP) is 3.22. The average molecular weight is 405 g/mol. The van der Waals surface area contributed by atoms with Gasteiger partial charge in [-0.25, -0.2) is 0 Å². The molecule has 3 rings (SSSR count). The lowest BCUT2D eigenvalue weighted by Gasteiger charge is -2.19. The molecule has 6 nitrogen and oxygen atoms in total. The van der Waals surface area contributed by atoms with Crippen molar-refractivity contribution in [3.05, 3.63) is 52.0 Å². The molecule has 0 atom stereocenters. The Morgan fingerprint density at radius 3 is 2.52 bits per heavy atom. The third kappa shape index (κ3) is 3.93. The maximum Gasteiger partial charge on any atom is 0.256 e. The number of hydrogen-bond donors (Lipinski definition) is 2. The Morgan fingerprint density at radius 2 is 1.80 bits per heavy atom. The third-order valence-corrected chi connectivity index (χ3v) is 4.25. The van der Waals surface area contributed by atoms with Crippen molar-refractivity contribution < 1.29 is 19.1 Å². The van der Waals surface area contributed by atoms with E-state index in [1.165, 1.54) is 0 Å². The molecule has 130 valence electrons. The number of hydrogen-bond acceptors (Lipinski definition) is 4. The van der Waals surface area contributed by atoms with E-state index in [4.69, 9.17) is 9.47 Å². The molecule has 2 amide bonds. The zero-order valence-corrected chi connectivity index (χ0v) is 15.2. The van der Waals surface area contributed by atoms with Crippen LogP contribution >= 0.6 is 15.9 Å². The maximum absolute atomic E-state index is 12.6. The molecule has 0 unspecified atom stereocenters. The summed E-state index contributed by atoms with van der Waals surface area (Å²) in [4.78, 5) is 24.5. The Labute approximate surface area is 153 Å². The molecule has 2 aromatic rings. The van der Waals surface area contributed by atoms with Gasteiger partial charge in [0, 0.05) is 22.3 Å². The number of fused-ring (bicyclic) bond motifs is 1. The standard InChI is InChI=1S/C18H17BrN2O4/c1-2-20-17(22)11-4-3-5-12(8-11)21-18(23)13-9-15-16(10-14(13)19)25-7-6-24-15/h3-5,8-10H,2,6-7H2,1H3,(H,20,22)(H,21,23). The Balaban J connectivity index is 1.81. The molecular formula is C18H17BrN2O4. The quantitative estimate of drug-likeness (QED) is 0.819. The van der Waals surface area contributed by atoms with E-state index in [-0.39, 0.29) is 11.8 Å². The second-order valence-electron chi connectivity index (χ2n) is 5.37. The van der Waals surface area contributed by atoms with Crippen LogP contribution in [0.5, 0.6) is 11.5 Å². The number of carbonyl (C=O) groups is 2. The van der Waals surface area contributed by atoms with Crippen LogP contribution in [0.1, 0.15) is 27.6 Å². The SMILES string of the molecule is CCNC(=O)c1cccc(NC(=O)c2cc3c(cc2Br)OCCO3)c1. The Hall–Kier alpha value is -2.54. The lowest BCUT2D eigenvalue weighted by molar-refractivity contribution is 0.0954. The van der Waals surface area contributed by atoms with Gasteiger partial charge in [-0.05, 0) is 53.2 Å². The van der Waals surface area contributed by atoms with E-state index in [0.717, 1.165) is 0 Å². The largest absolute Gasteiger partial charge is 0.486 e. The van der Waals surface area contributed by atoms with Crippen molar-refractivity contribution in [2.75, 3.05) is 25.1 Å². The summed E-state index contributed by atoms with van der Waals surface area (Å²) in [5.74, 6) is 0.652. The molecule has 0 aliphatic carbocycles. The zero-order chi connectivity index (χ0) is 17.8. The molecule has 0 radical (unpaired) electrons. The minimum absolute atomic E-state index is 0.181. The molecule has 0 saturated carbocycles. The van der Waals surface area contributed by atoms with E-state index in [2.05, 4.69) is 26.6 Å². The topological polar surface area (TPSA) is 76.7 Å². The summed E-state index contributed by atoms with van der Waals surface area (Å²) in [6, 6.07) is 10.1. The number of halogens is 1. The average Bonchev–Trinajstić information content (AvgIpc) is 2.61. The minimum atomic E-state index is -0.308. The van der Waals surface area contributed by atoms with E-state index < -0.39 is 0 Å². The third-order valence-electron chi connectivity index (χ3n) is 3.60. The summed E-state index contributed by atoms with van der Waals surface area (Å²) >= 11 is 3.39. The maximum atomic E-state index is 12.6. The molecule has 0 aromatic heterocycles. The van der Waals surface area contributed by atoms with Gasteiger partial charge in [0.1, 0.15) is 13.2 Å². The molecule has 0 bridgehead atoms. The van der Waals surface area contributed by atoms with E-state index in [1.807, 2.05) is 6.92 Å². The number of amides is 2. The predicted molar refractivity (Wildman–Crippen MR) is 97.5 cm³/mol. The molecule has 0 spiro atoms. The summed E-state index contributed by atoms with van der Waals surface area (Å²) < 4.78 is 11.6. The molecule has 1 heterocycles. The molecule has 1 aliphatic rings. The van der Waals surface area contributed by atoms with E-state index >= 15 is 0 Å². The fraction of sp³-hybridized carbons (Fsp3) is 0.222. The van der Waals surface area contributed by atoms with Crippen LogP contribution in [0, 0.1) is 0 Å². The van der Waals surface area contributed by atoms with Gasteiger partial charge in [-0.1, -0.05) is 6.07 Å². The Bertz CT molecular complexity index is 823. The first-order valence-electron chi connectivity index (χ1n) is 7.87. The fourth-order valence-electron chi connectivity index (χ4n) is 2.44. The number of rotatable bonds is 4. The van der Waals surface area contributed by atoms with Gasteiger partial charge >= 0.3 is 0 Å². The summed E-state index contributed by atoms with van der Waals surface area (Å²) in [6.45, 7) is 3.32. The summed E-state index contributed by atoms with van der Waals surface area (Å²) in [6.07, 6.45) is 0. The van der Waals surface area contributed by atoms with Crippen molar-refractivity contribution in [2.24, 2.45) is 0 Å². The van der Waals surface area contributed by atoms with Crippen LogP contribution < -0.4 is 20.1 Å². The van der Waals surface area contributed by atoms with Gasteiger partial charge in [0.15, 0.2) is 11.5 Å². The molecule has 7 heteroatoms. The Morgan fingerprint density at radius 1 is 1.08 bits per heavy atom. The first kappa shape index (κ1) is 17.3. The van der Waals surface area contributed by atoms with Gasteiger partial charge < -0.3 is 20.1 Å². The highest BCUT2D eigenvalue weighted by Crippen LogP contribution is 2.35. The molecule has 0 fully saturated rings. The number of benzene rings is 2. The highest BCUT2D eigenvalue weighted by atomic mass is 79.9. The van der Waals surface area contributed by atoms with E-state index in [9.17, 15) is 9.59 Å². The summed E-state index contributed by atoms with van der Waals surface area (Å²) in [7, 11) is 0. The van der Waals surface area contributed by atoms with Crippen molar-refractivity contribution in [1.82, 2.24) is 5.32 Å². The zero-order valence-electron chi connectivity index (χ0n) is 13.6. The number of nitrogens with one attached hydrogen (secondary N) is 2. The molecule has 1 aliphatic heterocycles. The highest BCUT2D eigenvalue weighted by Gasteiger charge is 2.19. The van der Waals surface area contributed by atoms with Crippen LogP contribution in [0.25, 0.3) is 0 Å². The van der Waals surface area contributed by atoms with E-state index in [1.54, 1.807) is 36.4 Å². The molecule has 0 saturated heterocycles. The normalized spacial score (nSPS) is 12.4. The van der Waals surface area contributed by atoms with Gasteiger partial charge in [-0.2, -0.15) is 0 Å². The van der Waals surface area contributed by atoms with Crippen molar-refractivity contribution in [1.29, 1.82) is 0 Å². The number of ether oxygens (including phenoxy) is 2. The first-order valence-corrected chi connectivity index (χ1v) is 8.66. The van der Waals surface area contributed by atoms with Crippen LogP contribution in [0.3, 0.4) is 0 Å². The van der Waals surface area contributed by atoms with Crippen molar-refractivity contribution in [3.8, 4) is 11.5 Å². The van der Waals surface area contributed by atoms with Crippen LogP contribution in [0.15, 0.2) is 40.9 Å². The van der Waals surface area contributed by atoms with Crippen LogP contribution in [0.4, 0.5) is 5.69 Å². The van der Waals surface area contributed by atoms with Gasteiger partial charge in [0.25, 0.3) is 11.8 Å².